The van der Waals surface area contributed by atoms with Gasteiger partial charge < -0.3 is 9.62 Å². The van der Waals surface area contributed by atoms with Gasteiger partial charge >= 0.3 is 5.97 Å². The van der Waals surface area contributed by atoms with E-state index in [2.05, 4.69) is 24.5 Å². The molecular weight excluding hydrogens is 244 g/mol. The Morgan fingerprint density at radius 3 is 2.79 bits per heavy atom. The molecule has 1 aliphatic carbocycles. The van der Waals surface area contributed by atoms with Crippen LogP contribution in [0.5, 0.6) is 0 Å². The predicted molar refractivity (Wildman–Crippen MR) is 73.3 cm³/mol. The second-order valence-corrected chi connectivity index (χ2v) is 4.84. The van der Waals surface area contributed by atoms with Crippen LogP contribution in [0.2, 0.25) is 0 Å². The number of esters is 1. The highest BCUT2D eigenvalue weighted by molar-refractivity contribution is 5.88. The number of ether oxygens (including phenoxy) is 1. The van der Waals surface area contributed by atoms with E-state index in [1.165, 1.54) is 12.7 Å². The molecule has 1 unspecified atom stereocenters. The predicted octanol–water partition coefficient (Wildman–Crippen LogP) is 3.62. The average molecular weight is 266 g/mol. The summed E-state index contributed by atoms with van der Waals surface area (Å²) in [5, 5.41) is 8.74. The summed E-state index contributed by atoms with van der Waals surface area (Å²) in [6.45, 7) is 5.76. The van der Waals surface area contributed by atoms with Crippen LogP contribution >= 0.6 is 0 Å². The van der Waals surface area contributed by atoms with Crippen LogP contribution in [0.25, 0.3) is 0 Å². The van der Waals surface area contributed by atoms with Gasteiger partial charge in [0.1, 0.15) is 5.76 Å². The van der Waals surface area contributed by atoms with Crippen molar-refractivity contribution in [3.8, 4) is 0 Å². The van der Waals surface area contributed by atoms with Crippen molar-refractivity contribution < 1.29 is 19.7 Å². The van der Waals surface area contributed by atoms with Crippen LogP contribution in [-0.2, 0) is 14.4 Å². The minimum Gasteiger partial charge on any atom is -0.466 e. The molecule has 1 N–H and O–H groups in total. The summed E-state index contributed by atoms with van der Waals surface area (Å²) in [7, 11) is 1.39. The summed E-state index contributed by atoms with van der Waals surface area (Å²) in [5.74, 6) is 0.0661. The third kappa shape index (κ3) is 4.91. The number of carbonyl (C=O) groups is 1. The SMILES string of the molecule is C=C(OO)C1C/C=C(\C)CC/C=C(\C(=O)OC)CC1. The molecular formula is C15H22O4. The Hall–Kier alpha value is -1.55. The van der Waals surface area contributed by atoms with Gasteiger partial charge in [-0.25, -0.2) is 10.1 Å². The van der Waals surface area contributed by atoms with Crippen molar-refractivity contribution in [2.45, 2.75) is 39.0 Å². The minimum absolute atomic E-state index is 0.00565. The molecule has 1 atom stereocenters. The Kier molecular flexibility index (Phi) is 6.36. The second kappa shape index (κ2) is 7.79. The fourth-order valence-electron chi connectivity index (χ4n) is 2.15. The molecule has 4 heteroatoms. The number of hydrogen-bond donors (Lipinski definition) is 1. The van der Waals surface area contributed by atoms with Gasteiger partial charge in [0, 0.05) is 11.5 Å². The molecule has 1 aliphatic rings. The number of allylic oxidation sites excluding steroid dienone is 4. The summed E-state index contributed by atoms with van der Waals surface area (Å²) in [6.07, 6.45) is 7.91. The molecule has 0 aromatic heterocycles. The van der Waals surface area contributed by atoms with E-state index in [0.717, 1.165) is 19.3 Å². The van der Waals surface area contributed by atoms with E-state index >= 15 is 0 Å². The summed E-state index contributed by atoms with van der Waals surface area (Å²) in [5.41, 5.74) is 1.95. The number of hydrogen-bond acceptors (Lipinski definition) is 4. The van der Waals surface area contributed by atoms with E-state index in [4.69, 9.17) is 9.99 Å². The molecule has 0 bridgehead atoms. The molecule has 0 aromatic rings. The van der Waals surface area contributed by atoms with Gasteiger partial charge in [-0.3, -0.25) is 0 Å². The number of carbonyl (C=O) groups excluding carboxylic acids is 1. The molecule has 0 saturated carbocycles. The van der Waals surface area contributed by atoms with Crippen LogP contribution in [0.1, 0.15) is 39.0 Å². The molecule has 0 aromatic carbocycles. The zero-order valence-corrected chi connectivity index (χ0v) is 11.6. The Labute approximate surface area is 114 Å². The fraction of sp³-hybridized carbons (Fsp3) is 0.533. The highest BCUT2D eigenvalue weighted by Crippen LogP contribution is 2.26. The molecule has 0 radical (unpaired) electrons. The highest BCUT2D eigenvalue weighted by Gasteiger charge is 2.18. The molecule has 0 spiro atoms. The standard InChI is InChI=1S/C15H22O4/c1-11-5-4-6-14(15(16)18-3)10-9-13(8-7-11)12(2)19-17/h6-7,13,17H,2,4-5,8-10H2,1,3H3/b11-7+,14-6-. The van der Waals surface area contributed by atoms with Crippen LogP contribution in [0.15, 0.2) is 35.6 Å². The lowest BCUT2D eigenvalue weighted by atomic mass is 9.91. The first-order valence-electron chi connectivity index (χ1n) is 6.51. The summed E-state index contributed by atoms with van der Waals surface area (Å²) < 4.78 is 4.78. The van der Waals surface area contributed by atoms with E-state index in [1.54, 1.807) is 0 Å². The van der Waals surface area contributed by atoms with Gasteiger partial charge in [0.2, 0.25) is 0 Å². The first-order chi connectivity index (χ1) is 9.08. The van der Waals surface area contributed by atoms with E-state index in [-0.39, 0.29) is 11.9 Å². The van der Waals surface area contributed by atoms with Crippen molar-refractivity contribution in [2.24, 2.45) is 5.92 Å². The minimum atomic E-state index is -0.281. The summed E-state index contributed by atoms with van der Waals surface area (Å²) in [6, 6.07) is 0. The second-order valence-electron chi connectivity index (χ2n) is 4.84. The van der Waals surface area contributed by atoms with Gasteiger partial charge in [-0.15, -0.1) is 0 Å². The fourth-order valence-corrected chi connectivity index (χ4v) is 2.15. The zero-order valence-electron chi connectivity index (χ0n) is 11.6. The van der Waals surface area contributed by atoms with Crippen molar-refractivity contribution in [1.82, 2.24) is 0 Å². The Morgan fingerprint density at radius 1 is 1.42 bits per heavy atom. The van der Waals surface area contributed by atoms with Gasteiger partial charge in [-0.2, -0.15) is 0 Å². The molecule has 1 rings (SSSR count). The third-order valence-corrected chi connectivity index (χ3v) is 3.46. The Balaban J connectivity index is 2.85. The Morgan fingerprint density at radius 2 is 2.16 bits per heavy atom. The maximum Gasteiger partial charge on any atom is 0.333 e. The highest BCUT2D eigenvalue weighted by atomic mass is 17.1. The average Bonchev–Trinajstić information content (AvgIpc) is 2.43. The van der Waals surface area contributed by atoms with E-state index < -0.39 is 0 Å². The van der Waals surface area contributed by atoms with Crippen molar-refractivity contribution in [2.75, 3.05) is 7.11 Å². The van der Waals surface area contributed by atoms with E-state index in [0.29, 0.717) is 24.2 Å². The van der Waals surface area contributed by atoms with Crippen LogP contribution in [-0.4, -0.2) is 18.3 Å². The van der Waals surface area contributed by atoms with Gasteiger partial charge in [0.25, 0.3) is 0 Å². The monoisotopic (exact) mass is 266 g/mol. The van der Waals surface area contributed by atoms with Crippen LogP contribution < -0.4 is 0 Å². The lowest BCUT2D eigenvalue weighted by molar-refractivity contribution is -0.211. The molecule has 0 amide bonds. The first kappa shape index (κ1) is 15.5. The maximum atomic E-state index is 11.6. The van der Waals surface area contributed by atoms with Crippen molar-refractivity contribution >= 4 is 5.97 Å². The molecule has 0 heterocycles. The van der Waals surface area contributed by atoms with Crippen LogP contribution in [0.3, 0.4) is 0 Å². The molecule has 0 aliphatic heterocycles. The molecule has 0 saturated heterocycles. The molecule has 19 heavy (non-hydrogen) atoms. The maximum absolute atomic E-state index is 11.6. The van der Waals surface area contributed by atoms with E-state index in [9.17, 15) is 4.79 Å². The quantitative estimate of drug-likeness (QED) is 0.279. The summed E-state index contributed by atoms with van der Waals surface area (Å²) in [4.78, 5) is 15.9. The van der Waals surface area contributed by atoms with Gasteiger partial charge in [-0.05, 0) is 39.0 Å². The van der Waals surface area contributed by atoms with Gasteiger partial charge in [0.05, 0.1) is 7.11 Å². The third-order valence-electron chi connectivity index (χ3n) is 3.46. The van der Waals surface area contributed by atoms with Gasteiger partial charge in [-0.1, -0.05) is 24.3 Å². The first-order valence-corrected chi connectivity index (χ1v) is 6.51. The normalized spacial score (nSPS) is 26.4. The van der Waals surface area contributed by atoms with Gasteiger partial charge in [0.15, 0.2) is 0 Å². The van der Waals surface area contributed by atoms with Crippen molar-refractivity contribution in [1.29, 1.82) is 0 Å². The lowest BCUT2D eigenvalue weighted by Crippen LogP contribution is -2.10. The van der Waals surface area contributed by atoms with Crippen molar-refractivity contribution in [3.63, 3.8) is 0 Å². The largest absolute Gasteiger partial charge is 0.466 e. The van der Waals surface area contributed by atoms with Crippen LogP contribution in [0, 0.1) is 5.92 Å². The zero-order chi connectivity index (χ0) is 14.3. The molecule has 4 nitrogen and oxygen atoms in total. The lowest BCUT2D eigenvalue weighted by Gasteiger charge is -2.17. The Bertz CT molecular complexity index is 393. The molecule has 106 valence electrons. The van der Waals surface area contributed by atoms with Crippen LogP contribution in [0.4, 0.5) is 0 Å². The number of methoxy groups -OCH3 is 1. The topological polar surface area (TPSA) is 55.8 Å². The molecule has 0 fully saturated rings. The number of rotatable bonds is 3. The van der Waals surface area contributed by atoms with Crippen molar-refractivity contribution in [3.05, 3.63) is 35.6 Å². The smallest absolute Gasteiger partial charge is 0.333 e. The van der Waals surface area contributed by atoms with E-state index in [1.807, 2.05) is 6.08 Å². The summed E-state index contributed by atoms with van der Waals surface area (Å²) >= 11 is 0.